The van der Waals surface area contributed by atoms with E-state index in [0.29, 0.717) is 23.9 Å². The zero-order valence-corrected chi connectivity index (χ0v) is 16.0. The summed E-state index contributed by atoms with van der Waals surface area (Å²) in [6.07, 6.45) is 9.22. The monoisotopic (exact) mass is 375 g/mol. The zero-order chi connectivity index (χ0) is 19.5. The number of anilines is 2. The number of hydrogen-bond acceptors (Lipinski definition) is 6. The molecular weight excluding hydrogens is 354 g/mol. The molecule has 0 fully saturated rings. The van der Waals surface area contributed by atoms with Gasteiger partial charge in [0.25, 0.3) is 0 Å². The Balaban J connectivity index is 1.75. The number of imidazole rings is 1. The molecule has 4 rings (SSSR count). The molecule has 0 bridgehead atoms. The smallest absolute Gasteiger partial charge is 0.180 e. The van der Waals surface area contributed by atoms with E-state index in [-0.39, 0.29) is 0 Å². The lowest BCUT2D eigenvalue weighted by Gasteiger charge is -2.13. The molecule has 142 valence electrons. The molecule has 3 aromatic heterocycles. The summed E-state index contributed by atoms with van der Waals surface area (Å²) in [5.74, 6) is 2.01. The average molecular weight is 375 g/mol. The Kier molecular flexibility index (Phi) is 4.80. The number of aryl methyl sites for hydroxylation is 1. The van der Waals surface area contributed by atoms with Crippen LogP contribution in [0.25, 0.3) is 16.9 Å². The second kappa shape index (κ2) is 7.56. The fourth-order valence-electron chi connectivity index (χ4n) is 3.01. The van der Waals surface area contributed by atoms with Gasteiger partial charge in [-0.25, -0.2) is 9.97 Å². The molecule has 0 aliphatic carbocycles. The van der Waals surface area contributed by atoms with Crippen LogP contribution in [0.1, 0.15) is 12.5 Å². The van der Waals surface area contributed by atoms with Gasteiger partial charge in [0.2, 0.25) is 0 Å². The first-order valence-electron chi connectivity index (χ1n) is 9.01. The highest BCUT2D eigenvalue weighted by molar-refractivity contribution is 5.74. The third-order valence-corrected chi connectivity index (χ3v) is 4.27. The van der Waals surface area contributed by atoms with Crippen LogP contribution in [0.4, 0.5) is 11.5 Å². The van der Waals surface area contributed by atoms with Crippen LogP contribution in [0.3, 0.4) is 0 Å². The maximum Gasteiger partial charge on any atom is 0.180 e. The number of nitrogens with zero attached hydrogens (tertiary/aromatic N) is 4. The van der Waals surface area contributed by atoms with Gasteiger partial charge in [-0.15, -0.1) is 0 Å². The number of benzene rings is 1. The zero-order valence-electron chi connectivity index (χ0n) is 16.0. The highest BCUT2D eigenvalue weighted by atomic mass is 16.5. The fraction of sp³-hybridized carbons (Fsp3) is 0.190. The van der Waals surface area contributed by atoms with Crippen LogP contribution in [0, 0.1) is 6.92 Å². The van der Waals surface area contributed by atoms with Crippen LogP contribution in [0.15, 0.2) is 55.2 Å². The highest BCUT2D eigenvalue weighted by Gasteiger charge is 2.12. The van der Waals surface area contributed by atoms with Crippen LogP contribution in [-0.2, 0) is 0 Å². The number of rotatable bonds is 6. The van der Waals surface area contributed by atoms with Gasteiger partial charge in [0.15, 0.2) is 23.0 Å². The summed E-state index contributed by atoms with van der Waals surface area (Å²) in [5, 5.41) is 3.35. The molecule has 0 atom stereocenters. The van der Waals surface area contributed by atoms with Crippen molar-refractivity contribution in [3.63, 3.8) is 0 Å². The molecular formula is C21H21N5O2. The van der Waals surface area contributed by atoms with E-state index < -0.39 is 0 Å². The first kappa shape index (κ1) is 17.8. The Morgan fingerprint density at radius 2 is 2.04 bits per heavy atom. The van der Waals surface area contributed by atoms with Crippen molar-refractivity contribution in [2.45, 2.75) is 13.8 Å². The first-order valence-corrected chi connectivity index (χ1v) is 9.01. The van der Waals surface area contributed by atoms with Crippen molar-refractivity contribution in [3.8, 4) is 22.8 Å². The van der Waals surface area contributed by atoms with E-state index in [0.717, 1.165) is 28.2 Å². The Morgan fingerprint density at radius 1 is 1.14 bits per heavy atom. The molecule has 0 saturated heterocycles. The molecule has 0 spiro atoms. The second-order valence-electron chi connectivity index (χ2n) is 6.31. The van der Waals surface area contributed by atoms with Crippen LogP contribution in [-0.4, -0.2) is 33.1 Å². The number of nitrogens with one attached hydrogen (secondary N) is 1. The maximum absolute atomic E-state index is 5.59. The second-order valence-corrected chi connectivity index (χ2v) is 6.31. The van der Waals surface area contributed by atoms with Crippen LogP contribution in [0.2, 0.25) is 0 Å². The topological polar surface area (TPSA) is 73.6 Å². The van der Waals surface area contributed by atoms with Gasteiger partial charge in [-0.05, 0) is 37.6 Å². The van der Waals surface area contributed by atoms with Crippen LogP contribution in [0.5, 0.6) is 11.5 Å². The number of ether oxygens (including phenoxy) is 2. The average Bonchev–Trinajstić information content (AvgIpc) is 3.18. The van der Waals surface area contributed by atoms with E-state index >= 15 is 0 Å². The lowest BCUT2D eigenvalue weighted by molar-refractivity contribution is 0.311. The van der Waals surface area contributed by atoms with Gasteiger partial charge in [0.05, 0.1) is 19.4 Å². The summed E-state index contributed by atoms with van der Waals surface area (Å²) in [4.78, 5) is 13.5. The van der Waals surface area contributed by atoms with Gasteiger partial charge in [0, 0.05) is 48.3 Å². The predicted molar refractivity (Wildman–Crippen MR) is 108 cm³/mol. The van der Waals surface area contributed by atoms with Gasteiger partial charge in [-0.3, -0.25) is 4.98 Å². The van der Waals surface area contributed by atoms with Crippen molar-refractivity contribution < 1.29 is 9.47 Å². The number of pyridine rings is 1. The van der Waals surface area contributed by atoms with Gasteiger partial charge in [-0.1, -0.05) is 0 Å². The molecule has 7 nitrogen and oxygen atoms in total. The number of hydrogen-bond donors (Lipinski definition) is 1. The molecule has 0 aliphatic rings. The molecule has 28 heavy (non-hydrogen) atoms. The Hall–Kier alpha value is -3.61. The molecule has 0 unspecified atom stereocenters. The lowest BCUT2D eigenvalue weighted by Crippen LogP contribution is -2.01. The molecule has 0 saturated carbocycles. The lowest BCUT2D eigenvalue weighted by atomic mass is 10.2. The molecule has 3 heterocycles. The van der Waals surface area contributed by atoms with Crippen LogP contribution >= 0.6 is 0 Å². The highest BCUT2D eigenvalue weighted by Crippen LogP contribution is 2.32. The fourth-order valence-corrected chi connectivity index (χ4v) is 3.01. The predicted octanol–water partition coefficient (Wildman–Crippen LogP) is 4.25. The number of methoxy groups -OCH3 is 1. The van der Waals surface area contributed by atoms with Crippen molar-refractivity contribution in [2.24, 2.45) is 0 Å². The summed E-state index contributed by atoms with van der Waals surface area (Å²) >= 11 is 0. The minimum atomic E-state index is 0.575. The van der Waals surface area contributed by atoms with Gasteiger partial charge in [0.1, 0.15) is 0 Å². The molecule has 0 amide bonds. The Bertz CT molecular complexity index is 1120. The van der Waals surface area contributed by atoms with Crippen molar-refractivity contribution in [1.29, 1.82) is 0 Å². The Labute approximate surface area is 163 Å². The number of aromatic nitrogens is 4. The molecule has 7 heteroatoms. The largest absolute Gasteiger partial charge is 0.493 e. The number of fused-ring (bicyclic) bond motifs is 1. The van der Waals surface area contributed by atoms with Crippen molar-refractivity contribution in [2.75, 3.05) is 19.0 Å². The Morgan fingerprint density at radius 3 is 2.82 bits per heavy atom. The van der Waals surface area contributed by atoms with E-state index in [1.165, 1.54) is 0 Å². The SMILES string of the molecule is CCOc1ccc(Nc2nc(-c3cncc(C)c3)cn3ccnc23)cc1OC. The third kappa shape index (κ3) is 3.46. The molecule has 4 aromatic rings. The summed E-state index contributed by atoms with van der Waals surface area (Å²) < 4.78 is 13.0. The van der Waals surface area contributed by atoms with E-state index in [2.05, 4.69) is 21.4 Å². The summed E-state index contributed by atoms with van der Waals surface area (Å²) in [6.45, 7) is 4.53. The summed E-state index contributed by atoms with van der Waals surface area (Å²) in [7, 11) is 1.62. The van der Waals surface area contributed by atoms with Gasteiger partial charge in [-0.2, -0.15) is 0 Å². The standard InChI is InChI=1S/C21H21N5O2/c1-4-28-18-6-5-16(10-19(18)27-3)24-20-21-23-7-8-26(21)13-17(25-20)15-9-14(2)11-22-12-15/h5-13H,4H2,1-3H3,(H,24,25). The third-order valence-electron chi connectivity index (χ3n) is 4.27. The normalized spacial score (nSPS) is 10.8. The van der Waals surface area contributed by atoms with Crippen molar-refractivity contribution in [3.05, 3.63) is 60.8 Å². The van der Waals surface area contributed by atoms with E-state index in [9.17, 15) is 0 Å². The summed E-state index contributed by atoms with van der Waals surface area (Å²) in [6, 6.07) is 7.74. The molecule has 0 radical (unpaired) electrons. The first-order chi connectivity index (χ1) is 13.7. The van der Waals surface area contributed by atoms with Gasteiger partial charge >= 0.3 is 0 Å². The maximum atomic E-state index is 5.59. The van der Waals surface area contributed by atoms with E-state index in [1.54, 1.807) is 13.3 Å². The molecule has 1 aromatic carbocycles. The molecule has 0 aliphatic heterocycles. The van der Waals surface area contributed by atoms with Crippen LogP contribution < -0.4 is 14.8 Å². The van der Waals surface area contributed by atoms with E-state index in [1.807, 2.05) is 61.2 Å². The quantitative estimate of drug-likeness (QED) is 0.543. The molecule has 1 N–H and O–H groups in total. The van der Waals surface area contributed by atoms with E-state index in [4.69, 9.17) is 14.5 Å². The summed E-state index contributed by atoms with van der Waals surface area (Å²) in [5.41, 5.74) is 4.40. The van der Waals surface area contributed by atoms with Gasteiger partial charge < -0.3 is 19.2 Å². The van der Waals surface area contributed by atoms with Crippen molar-refractivity contribution in [1.82, 2.24) is 19.4 Å². The van der Waals surface area contributed by atoms with Crippen molar-refractivity contribution >= 4 is 17.2 Å². The minimum absolute atomic E-state index is 0.575. The minimum Gasteiger partial charge on any atom is -0.493 e.